The van der Waals surface area contributed by atoms with Crippen LogP contribution in [0.5, 0.6) is 5.75 Å². The fourth-order valence-electron chi connectivity index (χ4n) is 3.30. The highest BCUT2D eigenvalue weighted by Crippen LogP contribution is 2.29. The summed E-state index contributed by atoms with van der Waals surface area (Å²) >= 11 is 8.58. The summed E-state index contributed by atoms with van der Waals surface area (Å²) in [5.74, 6) is -2.33. The predicted molar refractivity (Wildman–Crippen MR) is 134 cm³/mol. The smallest absolute Gasteiger partial charge is 0.335 e. The summed E-state index contributed by atoms with van der Waals surface area (Å²) in [6, 6.07) is 16.6. The monoisotopic (exact) mass is 554 g/mol. The van der Waals surface area contributed by atoms with Gasteiger partial charge in [0.2, 0.25) is 0 Å². The largest absolute Gasteiger partial charge is 0.488 e. The van der Waals surface area contributed by atoms with Crippen LogP contribution in [0.2, 0.25) is 0 Å². The number of rotatable bonds is 6. The first kappa shape index (κ1) is 24.2. The number of carbonyl (C=O) groups is 3. The van der Waals surface area contributed by atoms with Crippen molar-refractivity contribution in [2.75, 3.05) is 4.90 Å². The highest BCUT2D eigenvalue weighted by atomic mass is 79.9. The average Bonchev–Trinajstić information content (AvgIpc) is 2.82. The number of ether oxygens (including phenoxy) is 1. The molecule has 0 radical (unpaired) electrons. The molecule has 0 bridgehead atoms. The Morgan fingerprint density at radius 3 is 2.54 bits per heavy atom. The number of hydrogen-bond acceptors (Lipinski definition) is 5. The maximum absolute atomic E-state index is 13.2. The van der Waals surface area contributed by atoms with Gasteiger partial charge in [0.15, 0.2) is 5.11 Å². The zero-order valence-corrected chi connectivity index (χ0v) is 20.2. The van der Waals surface area contributed by atoms with Crippen molar-refractivity contribution in [1.82, 2.24) is 5.32 Å². The highest BCUT2D eigenvalue weighted by Gasteiger charge is 2.34. The second-order valence-corrected chi connectivity index (χ2v) is 8.66. The molecule has 1 saturated heterocycles. The summed E-state index contributed by atoms with van der Waals surface area (Å²) in [7, 11) is 0. The van der Waals surface area contributed by atoms with E-state index in [-0.39, 0.29) is 34.4 Å². The van der Waals surface area contributed by atoms with E-state index in [4.69, 9.17) is 17.0 Å². The lowest BCUT2D eigenvalue weighted by molar-refractivity contribution is -0.122. The van der Waals surface area contributed by atoms with Crippen LogP contribution in [0.1, 0.15) is 21.5 Å². The van der Waals surface area contributed by atoms with Gasteiger partial charge in [-0.25, -0.2) is 9.18 Å². The highest BCUT2D eigenvalue weighted by molar-refractivity contribution is 9.10. The minimum Gasteiger partial charge on any atom is -0.488 e. The SMILES string of the molecule is O=C1NC(=S)N(c2cccc(C(=O)O)c2)C(=O)C1=Cc1ccc(OCc2ccc(F)cc2)c(Br)c1. The van der Waals surface area contributed by atoms with Gasteiger partial charge >= 0.3 is 5.97 Å². The Kier molecular flexibility index (Phi) is 7.04. The molecular weight excluding hydrogens is 539 g/mol. The Morgan fingerprint density at radius 1 is 1.11 bits per heavy atom. The standard InChI is InChI=1S/C25H16BrFN2O5S/c26-20-11-15(6-9-21(20)34-13-14-4-7-17(27)8-5-14)10-19-22(30)28-25(35)29(23(19)31)18-3-1-2-16(12-18)24(32)33/h1-12H,13H2,(H,32,33)(H,28,30,35). The van der Waals surface area contributed by atoms with Crippen LogP contribution in [-0.4, -0.2) is 28.0 Å². The molecule has 1 fully saturated rings. The molecule has 4 rings (SSSR count). The minimum absolute atomic E-state index is 0.0271. The maximum Gasteiger partial charge on any atom is 0.335 e. The Morgan fingerprint density at radius 2 is 1.86 bits per heavy atom. The lowest BCUT2D eigenvalue weighted by Gasteiger charge is -2.29. The molecule has 0 unspecified atom stereocenters. The average molecular weight is 555 g/mol. The van der Waals surface area contributed by atoms with Crippen molar-refractivity contribution in [3.05, 3.63) is 99.3 Å². The number of thiocarbonyl (C=S) groups is 1. The van der Waals surface area contributed by atoms with E-state index in [9.17, 15) is 23.9 Å². The topological polar surface area (TPSA) is 95.9 Å². The molecule has 0 atom stereocenters. The number of aromatic carboxylic acids is 1. The molecule has 3 aromatic carbocycles. The first-order valence-electron chi connectivity index (χ1n) is 10.1. The number of anilines is 1. The number of hydrogen-bond donors (Lipinski definition) is 2. The third-order valence-corrected chi connectivity index (χ3v) is 5.93. The van der Waals surface area contributed by atoms with E-state index < -0.39 is 17.8 Å². The molecule has 176 valence electrons. The van der Waals surface area contributed by atoms with Gasteiger partial charge < -0.3 is 9.84 Å². The minimum atomic E-state index is -1.16. The molecule has 7 nitrogen and oxygen atoms in total. The van der Waals surface area contributed by atoms with Crippen LogP contribution in [0.25, 0.3) is 6.08 Å². The van der Waals surface area contributed by atoms with E-state index in [1.807, 2.05) is 0 Å². The van der Waals surface area contributed by atoms with Crippen molar-refractivity contribution in [2.45, 2.75) is 6.61 Å². The van der Waals surface area contributed by atoms with Gasteiger partial charge in [-0.15, -0.1) is 0 Å². The first-order chi connectivity index (χ1) is 16.7. The summed E-state index contributed by atoms with van der Waals surface area (Å²) < 4.78 is 19.4. The quantitative estimate of drug-likeness (QED) is 0.260. The van der Waals surface area contributed by atoms with Crippen molar-refractivity contribution in [2.24, 2.45) is 0 Å². The van der Waals surface area contributed by atoms with Gasteiger partial charge in [-0.3, -0.25) is 19.8 Å². The molecule has 2 amide bonds. The number of nitrogens with zero attached hydrogens (tertiary/aromatic N) is 1. The molecule has 1 aliphatic heterocycles. The predicted octanol–water partition coefficient (Wildman–Crippen LogP) is 4.70. The van der Waals surface area contributed by atoms with Gasteiger partial charge in [0.05, 0.1) is 15.7 Å². The maximum atomic E-state index is 13.2. The van der Waals surface area contributed by atoms with Crippen molar-refractivity contribution in [3.63, 3.8) is 0 Å². The van der Waals surface area contributed by atoms with Crippen LogP contribution in [0, 0.1) is 5.82 Å². The normalized spacial score (nSPS) is 14.7. The van der Waals surface area contributed by atoms with Gasteiger partial charge in [-0.05, 0) is 87.8 Å². The Bertz CT molecular complexity index is 1390. The summed E-state index contributed by atoms with van der Waals surface area (Å²) in [5, 5.41) is 11.6. The van der Waals surface area contributed by atoms with Gasteiger partial charge in [0.1, 0.15) is 23.7 Å². The van der Waals surface area contributed by atoms with Gasteiger partial charge in [0, 0.05) is 0 Å². The summed E-state index contributed by atoms with van der Waals surface area (Å²) in [4.78, 5) is 38.1. The number of nitrogens with one attached hydrogen (secondary N) is 1. The van der Waals surface area contributed by atoms with Crippen LogP contribution in [-0.2, 0) is 16.2 Å². The van der Waals surface area contributed by atoms with Gasteiger partial charge in [-0.1, -0.05) is 24.3 Å². The fraction of sp³-hybridized carbons (Fsp3) is 0.0400. The molecule has 0 saturated carbocycles. The summed E-state index contributed by atoms with van der Waals surface area (Å²) in [6.07, 6.45) is 1.40. The summed E-state index contributed by atoms with van der Waals surface area (Å²) in [5.41, 5.74) is 1.34. The number of amides is 2. The second kappa shape index (κ2) is 10.2. The Hall–Kier alpha value is -3.89. The van der Waals surface area contributed by atoms with Crippen molar-refractivity contribution >= 4 is 62.8 Å². The Balaban J connectivity index is 1.57. The lowest BCUT2D eigenvalue weighted by atomic mass is 10.1. The molecule has 35 heavy (non-hydrogen) atoms. The third-order valence-electron chi connectivity index (χ3n) is 5.03. The van der Waals surface area contributed by atoms with Crippen LogP contribution < -0.4 is 15.0 Å². The summed E-state index contributed by atoms with van der Waals surface area (Å²) in [6.45, 7) is 0.224. The Labute approximate surface area is 212 Å². The molecule has 1 heterocycles. The molecular formula is C25H16BrFN2O5S. The molecule has 2 N–H and O–H groups in total. The van der Waals surface area contributed by atoms with Crippen molar-refractivity contribution in [3.8, 4) is 5.75 Å². The van der Waals surface area contributed by atoms with Gasteiger partial charge in [0.25, 0.3) is 11.8 Å². The number of halogens is 2. The van der Waals surface area contributed by atoms with Gasteiger partial charge in [-0.2, -0.15) is 0 Å². The van der Waals surface area contributed by atoms with Crippen LogP contribution in [0.15, 0.2) is 76.8 Å². The van der Waals surface area contributed by atoms with Crippen LogP contribution in [0.4, 0.5) is 10.1 Å². The second-order valence-electron chi connectivity index (χ2n) is 7.42. The van der Waals surface area contributed by atoms with E-state index in [2.05, 4.69) is 21.2 Å². The van der Waals surface area contributed by atoms with E-state index in [1.54, 1.807) is 30.3 Å². The van der Waals surface area contributed by atoms with Crippen LogP contribution >= 0.6 is 28.1 Å². The number of carbonyl (C=O) groups excluding carboxylic acids is 2. The zero-order chi connectivity index (χ0) is 25.1. The van der Waals surface area contributed by atoms with E-state index in [0.717, 1.165) is 10.5 Å². The molecule has 1 aliphatic rings. The van der Waals surface area contributed by atoms with E-state index in [1.165, 1.54) is 42.5 Å². The zero-order valence-electron chi connectivity index (χ0n) is 17.8. The molecule has 0 aliphatic carbocycles. The number of carboxylic acids is 1. The first-order valence-corrected chi connectivity index (χ1v) is 11.3. The molecule has 10 heteroatoms. The third kappa shape index (κ3) is 5.44. The molecule has 0 aromatic heterocycles. The molecule has 3 aromatic rings. The van der Waals surface area contributed by atoms with E-state index >= 15 is 0 Å². The molecule has 0 spiro atoms. The van der Waals surface area contributed by atoms with Crippen molar-refractivity contribution in [1.29, 1.82) is 0 Å². The lowest BCUT2D eigenvalue weighted by Crippen LogP contribution is -2.54. The van der Waals surface area contributed by atoms with Crippen LogP contribution in [0.3, 0.4) is 0 Å². The number of benzene rings is 3. The number of carboxylic acid groups (broad SMARTS) is 1. The van der Waals surface area contributed by atoms with Crippen molar-refractivity contribution < 1.29 is 28.6 Å². The van der Waals surface area contributed by atoms with E-state index in [0.29, 0.717) is 15.8 Å². The fourth-order valence-corrected chi connectivity index (χ4v) is 4.09.